The SMILES string of the molecule is CC(=O)N[C@H]1[C@H](O[C@@H]2[C@H](O[C@H]3O[C@H](CO)[C@@H](O)[C@H](O)[C@H]3NC(C)=O)[C@@H](NC(C)=O)[C@H](O[C@@H]([C@@H](O)[C@H](O)CO)[C@@H](O)CO)O[C@@H]2CO)O[C@H](CO)[C@H](O)[C@@H]1O. The van der Waals surface area contributed by atoms with Crippen LogP contribution < -0.4 is 16.0 Å². The molecule has 0 radical (unpaired) electrons. The van der Waals surface area contributed by atoms with E-state index in [1.807, 2.05) is 0 Å². The molecule has 3 aliphatic rings. The monoisotopic (exact) mass is 791 g/mol. The first-order chi connectivity index (χ1) is 25.4. The predicted octanol–water partition coefficient (Wildman–Crippen LogP) is -9.68. The number of aliphatic hydroxyl groups is 12. The second-order valence-corrected chi connectivity index (χ2v) is 13.1. The fourth-order valence-electron chi connectivity index (χ4n) is 6.35. The molecule has 0 unspecified atom stereocenters. The molecule has 19 atom stereocenters. The maximum atomic E-state index is 12.7. The Kier molecular flexibility index (Phi) is 17.7. The van der Waals surface area contributed by atoms with Crippen LogP contribution >= 0.6 is 0 Å². The molecule has 0 bridgehead atoms. The van der Waals surface area contributed by atoms with Crippen molar-refractivity contribution in [1.82, 2.24) is 16.0 Å². The number of ether oxygens (including phenoxy) is 6. The molecule has 0 saturated carbocycles. The van der Waals surface area contributed by atoms with Crippen LogP contribution in [0.15, 0.2) is 0 Å². The molecule has 0 aromatic rings. The zero-order valence-electron chi connectivity index (χ0n) is 29.5. The van der Waals surface area contributed by atoms with E-state index in [0.29, 0.717) is 0 Å². The first-order valence-electron chi connectivity index (χ1n) is 17.0. The van der Waals surface area contributed by atoms with Gasteiger partial charge in [-0.3, -0.25) is 14.4 Å². The summed E-state index contributed by atoms with van der Waals surface area (Å²) in [5.41, 5.74) is 0. The van der Waals surface area contributed by atoms with Gasteiger partial charge in [-0.05, 0) is 0 Å². The Morgan fingerprint density at radius 3 is 1.33 bits per heavy atom. The van der Waals surface area contributed by atoms with Gasteiger partial charge in [-0.15, -0.1) is 0 Å². The molecule has 3 aliphatic heterocycles. The number of carbonyl (C=O) groups excluding carboxylic acids is 3. The lowest BCUT2D eigenvalue weighted by Crippen LogP contribution is -2.72. The van der Waals surface area contributed by atoms with Crippen LogP contribution in [0.25, 0.3) is 0 Å². The van der Waals surface area contributed by atoms with Gasteiger partial charge in [0.15, 0.2) is 18.9 Å². The topological polar surface area (TPSA) is 385 Å². The zero-order valence-corrected chi connectivity index (χ0v) is 29.5. The highest BCUT2D eigenvalue weighted by Crippen LogP contribution is 2.35. The summed E-state index contributed by atoms with van der Waals surface area (Å²) >= 11 is 0. The van der Waals surface area contributed by atoms with E-state index in [1.54, 1.807) is 0 Å². The first kappa shape index (κ1) is 46.1. The van der Waals surface area contributed by atoms with Crippen molar-refractivity contribution in [2.45, 2.75) is 137 Å². The van der Waals surface area contributed by atoms with Gasteiger partial charge in [0.2, 0.25) is 17.7 Å². The maximum Gasteiger partial charge on any atom is 0.217 e. The maximum absolute atomic E-state index is 12.7. The number of hydrogen-bond acceptors (Lipinski definition) is 21. The third kappa shape index (κ3) is 11.0. The normalized spacial score (nSPS) is 39.5. The van der Waals surface area contributed by atoms with E-state index >= 15 is 0 Å². The number of carbonyl (C=O) groups is 3. The van der Waals surface area contributed by atoms with Gasteiger partial charge in [0.1, 0.15) is 97.5 Å². The third-order valence-electron chi connectivity index (χ3n) is 9.06. The molecular formula is C30H53N3O21. The van der Waals surface area contributed by atoms with Crippen LogP contribution in [0.4, 0.5) is 0 Å². The molecule has 3 fully saturated rings. The van der Waals surface area contributed by atoms with Crippen LogP contribution in [0.3, 0.4) is 0 Å². The molecular weight excluding hydrogens is 738 g/mol. The molecule has 54 heavy (non-hydrogen) atoms. The van der Waals surface area contributed by atoms with Gasteiger partial charge in [0.05, 0.1) is 33.0 Å². The van der Waals surface area contributed by atoms with Gasteiger partial charge in [0, 0.05) is 20.8 Å². The molecule has 0 aliphatic carbocycles. The molecule has 3 rings (SSSR count). The Balaban J connectivity index is 2.21. The van der Waals surface area contributed by atoms with Crippen molar-refractivity contribution in [3.8, 4) is 0 Å². The summed E-state index contributed by atoms with van der Waals surface area (Å²) in [6.45, 7) is -1.75. The van der Waals surface area contributed by atoms with Gasteiger partial charge in [-0.2, -0.15) is 0 Å². The van der Waals surface area contributed by atoms with E-state index in [9.17, 15) is 75.7 Å². The molecule has 3 amide bonds. The van der Waals surface area contributed by atoms with E-state index in [1.165, 1.54) is 0 Å². The molecule has 0 aromatic carbocycles. The fourth-order valence-corrected chi connectivity index (χ4v) is 6.35. The van der Waals surface area contributed by atoms with Gasteiger partial charge in [-0.25, -0.2) is 0 Å². The zero-order chi connectivity index (χ0) is 40.6. The van der Waals surface area contributed by atoms with Gasteiger partial charge in [-0.1, -0.05) is 0 Å². The third-order valence-corrected chi connectivity index (χ3v) is 9.06. The quantitative estimate of drug-likeness (QED) is 0.0650. The smallest absolute Gasteiger partial charge is 0.217 e. The molecule has 0 spiro atoms. The molecule has 3 saturated heterocycles. The van der Waals surface area contributed by atoms with Crippen molar-refractivity contribution >= 4 is 17.7 Å². The van der Waals surface area contributed by atoms with E-state index in [-0.39, 0.29) is 0 Å². The van der Waals surface area contributed by atoms with Crippen LogP contribution in [0, 0.1) is 0 Å². The Labute approximate surface area is 308 Å². The van der Waals surface area contributed by atoms with Crippen molar-refractivity contribution in [2.75, 3.05) is 33.0 Å². The van der Waals surface area contributed by atoms with Gasteiger partial charge >= 0.3 is 0 Å². The van der Waals surface area contributed by atoms with Crippen molar-refractivity contribution in [2.24, 2.45) is 0 Å². The summed E-state index contributed by atoms with van der Waals surface area (Å²) < 4.78 is 35.5. The number of aliphatic hydroxyl groups excluding tert-OH is 12. The van der Waals surface area contributed by atoms with Crippen LogP contribution in [0.5, 0.6) is 0 Å². The Hall–Kier alpha value is -2.31. The largest absolute Gasteiger partial charge is 0.394 e. The molecule has 314 valence electrons. The summed E-state index contributed by atoms with van der Waals surface area (Å²) in [5.74, 6) is -2.33. The first-order valence-corrected chi connectivity index (χ1v) is 17.0. The highest BCUT2D eigenvalue weighted by Gasteiger charge is 2.56. The van der Waals surface area contributed by atoms with Crippen LogP contribution in [-0.2, 0) is 42.8 Å². The minimum atomic E-state index is -2.12. The Morgan fingerprint density at radius 1 is 0.556 bits per heavy atom. The second-order valence-electron chi connectivity index (χ2n) is 13.1. The summed E-state index contributed by atoms with van der Waals surface area (Å²) in [6, 6.07) is -4.94. The fraction of sp³-hybridized carbons (Fsp3) is 0.900. The molecule has 15 N–H and O–H groups in total. The van der Waals surface area contributed by atoms with Crippen LogP contribution in [0.1, 0.15) is 20.8 Å². The Morgan fingerprint density at radius 2 is 0.944 bits per heavy atom. The van der Waals surface area contributed by atoms with E-state index < -0.39 is 167 Å². The van der Waals surface area contributed by atoms with Gasteiger partial charge < -0.3 is 106 Å². The van der Waals surface area contributed by atoms with Crippen molar-refractivity contribution in [3.05, 3.63) is 0 Å². The van der Waals surface area contributed by atoms with E-state index in [0.717, 1.165) is 20.8 Å². The molecule has 24 nitrogen and oxygen atoms in total. The second kappa shape index (κ2) is 20.7. The standard InChI is InChI=1S/C30H53N3O21/c1-9(39)31-17-23(47)21(45)14(6-36)49-28(17)53-26-16(8-38)51-30(52-25(13(43)5-35)20(44)12(42)4-34)19(33-11(3)41)27(26)54-29-18(32-10(2)40)24(48)22(46)15(7-37)50-29/h12-30,34-38,42-48H,4-8H2,1-3H3,(H,31,39)(H,32,40)(H,33,41)/t12-,13+,14-,15-,16-,17-,18-,19-,20+,21+,22-,23-,24-,25-,26+,27-,28+,29-,30+/m1/s1. The Bertz CT molecular complexity index is 1210. The summed E-state index contributed by atoms with van der Waals surface area (Å²) in [4.78, 5) is 37.0. The number of rotatable bonds is 17. The van der Waals surface area contributed by atoms with Gasteiger partial charge in [0.25, 0.3) is 0 Å². The summed E-state index contributed by atoms with van der Waals surface area (Å²) in [7, 11) is 0. The average molecular weight is 792 g/mol. The minimum absolute atomic E-state index is 0.740. The lowest BCUT2D eigenvalue weighted by Gasteiger charge is -2.51. The van der Waals surface area contributed by atoms with Crippen LogP contribution in [-0.4, -0.2) is 228 Å². The lowest BCUT2D eigenvalue weighted by atomic mass is 9.93. The van der Waals surface area contributed by atoms with Crippen molar-refractivity contribution in [1.29, 1.82) is 0 Å². The molecule has 0 aromatic heterocycles. The molecule has 3 heterocycles. The van der Waals surface area contributed by atoms with Crippen LogP contribution in [0.2, 0.25) is 0 Å². The number of hydrogen-bond donors (Lipinski definition) is 15. The van der Waals surface area contributed by atoms with Crippen molar-refractivity contribution < 1.29 is 104 Å². The predicted molar refractivity (Wildman–Crippen MR) is 171 cm³/mol. The minimum Gasteiger partial charge on any atom is -0.394 e. The van der Waals surface area contributed by atoms with E-state index in [2.05, 4.69) is 16.0 Å². The summed E-state index contributed by atoms with van der Waals surface area (Å²) in [6.07, 6.45) is -29.3. The highest BCUT2D eigenvalue weighted by atomic mass is 16.8. The average Bonchev–Trinajstić information content (AvgIpc) is 3.13. The number of amides is 3. The highest BCUT2D eigenvalue weighted by molar-refractivity contribution is 5.74. The lowest BCUT2D eigenvalue weighted by molar-refractivity contribution is -0.366. The van der Waals surface area contributed by atoms with E-state index in [4.69, 9.17) is 28.4 Å². The van der Waals surface area contributed by atoms with Crippen molar-refractivity contribution in [3.63, 3.8) is 0 Å². The molecule has 24 heteroatoms. The summed E-state index contributed by atoms with van der Waals surface area (Å²) in [5, 5.41) is 131. The number of nitrogens with one attached hydrogen (secondary N) is 3.